The van der Waals surface area contributed by atoms with Crippen molar-refractivity contribution in [2.45, 2.75) is 13.0 Å². The standard InChI is InChI=1S/C19H29FN4O/c1-21-8-10-22(11-9-21)6-3-7-23-12-13-24(19(25)16-23)15-17-4-2-5-18(20)14-17/h2,4-5,14H,3,6-13,15-16H2,1H3. The number of carbonyl (C=O) groups is 1. The van der Waals surface area contributed by atoms with Crippen LogP contribution in [0, 0.1) is 5.82 Å². The highest BCUT2D eigenvalue weighted by Gasteiger charge is 2.24. The Morgan fingerprint density at radius 2 is 1.72 bits per heavy atom. The molecule has 0 N–H and O–H groups in total. The maximum atomic E-state index is 13.3. The maximum Gasteiger partial charge on any atom is 0.237 e. The summed E-state index contributed by atoms with van der Waals surface area (Å²) in [5.74, 6) is -0.0948. The number of carbonyl (C=O) groups excluding carboxylic acids is 1. The van der Waals surface area contributed by atoms with E-state index < -0.39 is 0 Å². The molecule has 0 bridgehead atoms. The third-order valence-corrected chi connectivity index (χ3v) is 5.20. The Bertz CT molecular complexity index is 574. The fraction of sp³-hybridized carbons (Fsp3) is 0.632. The number of benzene rings is 1. The number of halogens is 1. The molecule has 6 heteroatoms. The van der Waals surface area contributed by atoms with Gasteiger partial charge in [0.25, 0.3) is 0 Å². The molecule has 3 rings (SSSR count). The lowest BCUT2D eigenvalue weighted by Crippen LogP contribution is -2.50. The van der Waals surface area contributed by atoms with Crippen molar-refractivity contribution in [3.05, 3.63) is 35.6 Å². The summed E-state index contributed by atoms with van der Waals surface area (Å²) >= 11 is 0. The zero-order valence-electron chi connectivity index (χ0n) is 15.2. The van der Waals surface area contributed by atoms with Crippen LogP contribution in [0.5, 0.6) is 0 Å². The first-order valence-electron chi connectivity index (χ1n) is 9.25. The van der Waals surface area contributed by atoms with Gasteiger partial charge in [-0.2, -0.15) is 0 Å². The molecule has 1 aromatic carbocycles. The Labute approximate surface area is 150 Å². The lowest BCUT2D eigenvalue weighted by atomic mass is 10.2. The number of amides is 1. The second-order valence-electron chi connectivity index (χ2n) is 7.22. The van der Waals surface area contributed by atoms with Crippen LogP contribution in [-0.4, -0.2) is 91.5 Å². The molecular weight excluding hydrogens is 319 g/mol. The summed E-state index contributed by atoms with van der Waals surface area (Å²) in [6.07, 6.45) is 1.11. The van der Waals surface area contributed by atoms with Gasteiger partial charge in [0, 0.05) is 45.8 Å². The van der Waals surface area contributed by atoms with Gasteiger partial charge in [-0.1, -0.05) is 12.1 Å². The van der Waals surface area contributed by atoms with E-state index in [4.69, 9.17) is 0 Å². The van der Waals surface area contributed by atoms with Crippen molar-refractivity contribution in [1.82, 2.24) is 19.6 Å². The van der Waals surface area contributed by atoms with E-state index in [0.717, 1.165) is 64.3 Å². The van der Waals surface area contributed by atoms with Gasteiger partial charge in [-0.3, -0.25) is 9.69 Å². The monoisotopic (exact) mass is 348 g/mol. The molecule has 0 radical (unpaired) electrons. The van der Waals surface area contributed by atoms with Gasteiger partial charge in [0.05, 0.1) is 6.54 Å². The molecule has 1 aromatic rings. The first-order chi connectivity index (χ1) is 12.1. The van der Waals surface area contributed by atoms with Gasteiger partial charge in [0.1, 0.15) is 5.82 Å². The number of nitrogens with zero attached hydrogens (tertiary/aromatic N) is 4. The van der Waals surface area contributed by atoms with Crippen molar-refractivity contribution in [1.29, 1.82) is 0 Å². The summed E-state index contributed by atoms with van der Waals surface area (Å²) in [7, 11) is 2.17. The molecule has 0 spiro atoms. The number of hydrogen-bond donors (Lipinski definition) is 0. The van der Waals surface area contributed by atoms with E-state index in [1.165, 1.54) is 12.1 Å². The molecule has 2 heterocycles. The van der Waals surface area contributed by atoms with Crippen molar-refractivity contribution < 1.29 is 9.18 Å². The average molecular weight is 348 g/mol. The smallest absolute Gasteiger partial charge is 0.237 e. The Morgan fingerprint density at radius 1 is 1.00 bits per heavy atom. The molecule has 0 unspecified atom stereocenters. The molecule has 0 aromatic heterocycles. The molecule has 1 amide bonds. The van der Waals surface area contributed by atoms with Crippen LogP contribution in [-0.2, 0) is 11.3 Å². The minimum atomic E-state index is -0.243. The van der Waals surface area contributed by atoms with Crippen LogP contribution in [0.2, 0.25) is 0 Å². The molecule has 2 fully saturated rings. The van der Waals surface area contributed by atoms with Crippen molar-refractivity contribution in [2.75, 3.05) is 66.0 Å². The molecule has 5 nitrogen and oxygen atoms in total. The van der Waals surface area contributed by atoms with Crippen molar-refractivity contribution in [3.8, 4) is 0 Å². The molecule has 138 valence electrons. The lowest BCUT2D eigenvalue weighted by Gasteiger charge is -2.35. The fourth-order valence-electron chi connectivity index (χ4n) is 3.56. The van der Waals surface area contributed by atoms with Gasteiger partial charge in [0.15, 0.2) is 0 Å². The molecule has 0 saturated carbocycles. The number of piperazine rings is 2. The molecule has 2 saturated heterocycles. The molecular formula is C19H29FN4O. The van der Waals surface area contributed by atoms with Crippen molar-refractivity contribution in [3.63, 3.8) is 0 Å². The van der Waals surface area contributed by atoms with Crippen LogP contribution in [0.1, 0.15) is 12.0 Å². The van der Waals surface area contributed by atoms with E-state index in [2.05, 4.69) is 21.7 Å². The van der Waals surface area contributed by atoms with E-state index in [9.17, 15) is 9.18 Å². The number of hydrogen-bond acceptors (Lipinski definition) is 4. The summed E-state index contributed by atoms with van der Waals surface area (Å²) in [6, 6.07) is 6.52. The molecule has 2 aliphatic rings. The largest absolute Gasteiger partial charge is 0.336 e. The van der Waals surface area contributed by atoms with E-state index >= 15 is 0 Å². The number of rotatable bonds is 6. The Morgan fingerprint density at radius 3 is 2.44 bits per heavy atom. The molecule has 25 heavy (non-hydrogen) atoms. The van der Waals surface area contributed by atoms with Crippen LogP contribution in [0.15, 0.2) is 24.3 Å². The van der Waals surface area contributed by atoms with E-state index in [-0.39, 0.29) is 11.7 Å². The second-order valence-corrected chi connectivity index (χ2v) is 7.22. The predicted molar refractivity (Wildman–Crippen MR) is 96.8 cm³/mol. The zero-order chi connectivity index (χ0) is 17.6. The van der Waals surface area contributed by atoms with E-state index in [1.54, 1.807) is 6.07 Å². The first-order valence-corrected chi connectivity index (χ1v) is 9.25. The molecule has 0 aliphatic carbocycles. The highest BCUT2D eigenvalue weighted by molar-refractivity contribution is 5.79. The zero-order valence-corrected chi connectivity index (χ0v) is 15.2. The molecule has 0 atom stereocenters. The van der Waals surface area contributed by atoms with E-state index in [1.807, 2.05) is 11.0 Å². The highest BCUT2D eigenvalue weighted by Crippen LogP contribution is 2.11. The summed E-state index contributed by atoms with van der Waals surface area (Å²) in [5, 5.41) is 0. The van der Waals surface area contributed by atoms with Gasteiger partial charge < -0.3 is 14.7 Å². The normalized spacial score (nSPS) is 21.0. The van der Waals surface area contributed by atoms with Gasteiger partial charge >= 0.3 is 0 Å². The fourth-order valence-corrected chi connectivity index (χ4v) is 3.56. The quantitative estimate of drug-likeness (QED) is 0.770. The van der Waals surface area contributed by atoms with Crippen LogP contribution < -0.4 is 0 Å². The average Bonchev–Trinajstić information content (AvgIpc) is 2.59. The summed E-state index contributed by atoms with van der Waals surface area (Å²) in [4.78, 5) is 21.3. The maximum absolute atomic E-state index is 13.3. The van der Waals surface area contributed by atoms with Crippen LogP contribution in [0.25, 0.3) is 0 Å². The minimum absolute atomic E-state index is 0.148. The Kier molecular flexibility index (Phi) is 6.39. The third-order valence-electron chi connectivity index (χ3n) is 5.20. The van der Waals surface area contributed by atoms with Gasteiger partial charge in [-0.25, -0.2) is 4.39 Å². The molecule has 2 aliphatic heterocycles. The van der Waals surface area contributed by atoms with Crippen LogP contribution >= 0.6 is 0 Å². The highest BCUT2D eigenvalue weighted by atomic mass is 19.1. The van der Waals surface area contributed by atoms with Crippen molar-refractivity contribution >= 4 is 5.91 Å². The van der Waals surface area contributed by atoms with Crippen molar-refractivity contribution in [2.24, 2.45) is 0 Å². The summed E-state index contributed by atoms with van der Waals surface area (Å²) in [6.45, 7) is 9.32. The Balaban J connectivity index is 1.37. The summed E-state index contributed by atoms with van der Waals surface area (Å²) < 4.78 is 13.3. The number of likely N-dealkylation sites (N-methyl/N-ethyl adjacent to an activating group) is 1. The minimum Gasteiger partial charge on any atom is -0.336 e. The van der Waals surface area contributed by atoms with Crippen LogP contribution in [0.3, 0.4) is 0 Å². The van der Waals surface area contributed by atoms with Gasteiger partial charge in [-0.15, -0.1) is 0 Å². The van der Waals surface area contributed by atoms with Gasteiger partial charge in [-0.05, 0) is 44.3 Å². The van der Waals surface area contributed by atoms with Crippen LogP contribution in [0.4, 0.5) is 4.39 Å². The summed E-state index contributed by atoms with van der Waals surface area (Å²) in [5.41, 5.74) is 0.858. The Hall–Kier alpha value is -1.50. The first kappa shape index (κ1) is 18.3. The second kappa shape index (κ2) is 8.74. The van der Waals surface area contributed by atoms with Gasteiger partial charge in [0.2, 0.25) is 5.91 Å². The predicted octanol–water partition coefficient (Wildman–Crippen LogP) is 1.11. The third kappa shape index (κ3) is 5.49. The lowest BCUT2D eigenvalue weighted by molar-refractivity contribution is -0.136. The SMILES string of the molecule is CN1CCN(CCCN2CCN(Cc3cccc(F)c3)C(=O)C2)CC1. The topological polar surface area (TPSA) is 30.0 Å². The van der Waals surface area contributed by atoms with E-state index in [0.29, 0.717) is 13.1 Å².